The van der Waals surface area contributed by atoms with Gasteiger partial charge in [-0.3, -0.25) is 4.79 Å². The summed E-state index contributed by atoms with van der Waals surface area (Å²) in [5.74, 6) is -0.530. The lowest BCUT2D eigenvalue weighted by Crippen LogP contribution is -2.11. The van der Waals surface area contributed by atoms with E-state index in [9.17, 15) is 9.59 Å². The summed E-state index contributed by atoms with van der Waals surface area (Å²) in [4.78, 5) is 23.4. The molecule has 1 aromatic heterocycles. The van der Waals surface area contributed by atoms with Gasteiger partial charge in [0.1, 0.15) is 5.58 Å². The highest BCUT2D eigenvalue weighted by Crippen LogP contribution is 2.28. The molecule has 0 saturated carbocycles. The van der Waals surface area contributed by atoms with Crippen LogP contribution in [-0.4, -0.2) is 25.2 Å². The number of hydrogen-bond acceptors (Lipinski definition) is 5. The highest BCUT2D eigenvalue weighted by molar-refractivity contribution is 6.00. The maximum absolute atomic E-state index is 11.9. The van der Waals surface area contributed by atoms with Gasteiger partial charge in [0.15, 0.2) is 0 Å². The highest BCUT2D eigenvalue weighted by Gasteiger charge is 2.16. The Labute approximate surface area is 155 Å². The number of benzene rings is 2. The molecule has 1 fully saturated rings. The lowest BCUT2D eigenvalue weighted by atomic mass is 9.99. The van der Waals surface area contributed by atoms with Gasteiger partial charge < -0.3 is 19.6 Å². The molecule has 27 heavy (non-hydrogen) atoms. The average molecular weight is 365 g/mol. The molecule has 3 aromatic rings. The highest BCUT2D eigenvalue weighted by atomic mass is 16.5. The molecule has 1 aliphatic rings. The molecule has 0 radical (unpaired) electrons. The van der Waals surface area contributed by atoms with Gasteiger partial charge >= 0.3 is 5.63 Å². The molecule has 0 bridgehead atoms. The molecule has 1 atom stereocenters. The van der Waals surface area contributed by atoms with E-state index in [0.29, 0.717) is 35.3 Å². The van der Waals surface area contributed by atoms with Crippen molar-refractivity contribution in [2.45, 2.75) is 19.1 Å². The Morgan fingerprint density at radius 2 is 1.96 bits per heavy atom. The lowest BCUT2D eigenvalue weighted by Gasteiger charge is -2.11. The van der Waals surface area contributed by atoms with Gasteiger partial charge in [0.25, 0.3) is 0 Å². The van der Waals surface area contributed by atoms with Crippen LogP contribution in [0.2, 0.25) is 0 Å². The third-order valence-corrected chi connectivity index (χ3v) is 4.67. The topological polar surface area (TPSA) is 91.8 Å². The molecule has 2 heterocycles. The average Bonchev–Trinajstić information content (AvgIpc) is 3.19. The van der Waals surface area contributed by atoms with Crippen LogP contribution < -0.4 is 11.4 Å². The van der Waals surface area contributed by atoms with E-state index < -0.39 is 11.5 Å². The van der Waals surface area contributed by atoms with Crippen molar-refractivity contribution in [3.8, 4) is 11.1 Å². The molecular formula is C21H19NO5. The number of nitrogens with two attached hydrogens (primary N) is 1. The molecule has 138 valence electrons. The standard InChI is InChI=1S/C21H19NO5/c22-21(24)15-5-6-19-18(9-15)17(10-20(23)27-19)14-3-1-13(2-4-14)11-26-16-7-8-25-12-16/h1-6,9-10,16H,7-8,11-12H2,(H2,22,24)/t16-/m1/s1. The van der Waals surface area contributed by atoms with Crippen molar-refractivity contribution in [2.24, 2.45) is 5.73 Å². The summed E-state index contributed by atoms with van der Waals surface area (Å²) in [6.07, 6.45) is 1.08. The van der Waals surface area contributed by atoms with Crippen molar-refractivity contribution < 1.29 is 18.7 Å². The SMILES string of the molecule is NC(=O)c1ccc2oc(=O)cc(-c3ccc(CO[C@@H]4CCOC4)cc3)c2c1. The van der Waals surface area contributed by atoms with E-state index in [0.717, 1.165) is 24.2 Å². The van der Waals surface area contributed by atoms with Gasteiger partial charge in [-0.05, 0) is 41.3 Å². The zero-order valence-electron chi connectivity index (χ0n) is 14.6. The number of carbonyl (C=O) groups excluding carboxylic acids is 1. The number of carbonyl (C=O) groups is 1. The molecule has 2 N–H and O–H groups in total. The van der Waals surface area contributed by atoms with Crippen LogP contribution in [0.1, 0.15) is 22.3 Å². The minimum absolute atomic E-state index is 0.152. The molecule has 0 aliphatic carbocycles. The number of primary amides is 1. The first kappa shape index (κ1) is 17.5. The summed E-state index contributed by atoms with van der Waals surface area (Å²) >= 11 is 0. The minimum Gasteiger partial charge on any atom is -0.423 e. The molecule has 2 aromatic carbocycles. The van der Waals surface area contributed by atoms with Crippen LogP contribution in [-0.2, 0) is 16.1 Å². The molecule has 1 saturated heterocycles. The van der Waals surface area contributed by atoms with Crippen molar-refractivity contribution in [1.29, 1.82) is 0 Å². The lowest BCUT2D eigenvalue weighted by molar-refractivity contribution is 0.0317. The number of rotatable bonds is 5. The Morgan fingerprint density at radius 3 is 2.67 bits per heavy atom. The quantitative estimate of drug-likeness (QED) is 0.702. The Bertz CT molecular complexity index is 1030. The van der Waals surface area contributed by atoms with Gasteiger partial charge in [-0.2, -0.15) is 0 Å². The zero-order valence-corrected chi connectivity index (χ0v) is 14.6. The van der Waals surface area contributed by atoms with Crippen LogP contribution in [0.5, 0.6) is 0 Å². The fourth-order valence-electron chi connectivity index (χ4n) is 3.19. The van der Waals surface area contributed by atoms with Crippen molar-refractivity contribution in [3.63, 3.8) is 0 Å². The zero-order chi connectivity index (χ0) is 18.8. The second-order valence-corrected chi connectivity index (χ2v) is 6.55. The van der Waals surface area contributed by atoms with Crippen LogP contribution in [0, 0.1) is 0 Å². The second kappa shape index (κ2) is 7.34. The monoisotopic (exact) mass is 365 g/mol. The second-order valence-electron chi connectivity index (χ2n) is 6.55. The third kappa shape index (κ3) is 3.77. The van der Waals surface area contributed by atoms with E-state index in [2.05, 4.69) is 0 Å². The molecule has 4 rings (SSSR count). The molecule has 6 heteroatoms. The largest absolute Gasteiger partial charge is 0.423 e. The van der Waals surface area contributed by atoms with E-state index in [1.165, 1.54) is 6.07 Å². The number of amides is 1. The number of ether oxygens (including phenoxy) is 2. The van der Waals surface area contributed by atoms with Crippen molar-refractivity contribution in [1.82, 2.24) is 0 Å². The smallest absolute Gasteiger partial charge is 0.336 e. The van der Waals surface area contributed by atoms with Crippen molar-refractivity contribution in [2.75, 3.05) is 13.2 Å². The maximum Gasteiger partial charge on any atom is 0.336 e. The Kier molecular flexibility index (Phi) is 4.75. The fourth-order valence-corrected chi connectivity index (χ4v) is 3.19. The van der Waals surface area contributed by atoms with E-state index >= 15 is 0 Å². The first-order valence-electron chi connectivity index (χ1n) is 8.76. The summed E-state index contributed by atoms with van der Waals surface area (Å²) in [7, 11) is 0. The van der Waals surface area contributed by atoms with Gasteiger partial charge in [0.05, 0.1) is 19.3 Å². The van der Waals surface area contributed by atoms with E-state index in [1.54, 1.807) is 18.2 Å². The van der Waals surface area contributed by atoms with Crippen LogP contribution in [0.4, 0.5) is 0 Å². The Balaban J connectivity index is 1.65. The summed E-state index contributed by atoms with van der Waals surface area (Å²) < 4.78 is 16.4. The summed E-state index contributed by atoms with van der Waals surface area (Å²) in [6, 6.07) is 14.0. The molecule has 0 spiro atoms. The summed E-state index contributed by atoms with van der Waals surface area (Å²) in [5, 5.41) is 0.665. The predicted octanol–water partition coefficient (Wildman–Crippen LogP) is 2.86. The summed E-state index contributed by atoms with van der Waals surface area (Å²) in [5.41, 5.74) is 8.29. The fraction of sp³-hybridized carbons (Fsp3) is 0.238. The molecule has 0 unspecified atom stereocenters. The van der Waals surface area contributed by atoms with Crippen molar-refractivity contribution in [3.05, 3.63) is 70.1 Å². The normalized spacial score (nSPS) is 16.7. The van der Waals surface area contributed by atoms with E-state index in [1.807, 2.05) is 24.3 Å². The minimum atomic E-state index is -0.530. The molecular weight excluding hydrogens is 346 g/mol. The first-order chi connectivity index (χ1) is 13.1. The van der Waals surface area contributed by atoms with Gasteiger partial charge in [-0.1, -0.05) is 24.3 Å². The molecule has 1 amide bonds. The van der Waals surface area contributed by atoms with E-state index in [-0.39, 0.29) is 6.10 Å². The molecule has 6 nitrogen and oxygen atoms in total. The summed E-state index contributed by atoms with van der Waals surface area (Å²) in [6.45, 7) is 1.91. The van der Waals surface area contributed by atoms with Gasteiger partial charge in [0, 0.05) is 23.6 Å². The van der Waals surface area contributed by atoms with Crippen LogP contribution >= 0.6 is 0 Å². The number of hydrogen-bond donors (Lipinski definition) is 1. The number of fused-ring (bicyclic) bond motifs is 1. The van der Waals surface area contributed by atoms with Gasteiger partial charge in [0.2, 0.25) is 5.91 Å². The predicted molar refractivity (Wildman–Crippen MR) is 100 cm³/mol. The van der Waals surface area contributed by atoms with Gasteiger partial charge in [-0.15, -0.1) is 0 Å². The van der Waals surface area contributed by atoms with Gasteiger partial charge in [-0.25, -0.2) is 4.79 Å². The Hall–Kier alpha value is -2.96. The van der Waals surface area contributed by atoms with Crippen molar-refractivity contribution >= 4 is 16.9 Å². The first-order valence-corrected chi connectivity index (χ1v) is 8.76. The Morgan fingerprint density at radius 1 is 1.15 bits per heavy atom. The van der Waals surface area contributed by atoms with Crippen LogP contribution in [0.15, 0.2) is 57.7 Å². The van der Waals surface area contributed by atoms with Crippen LogP contribution in [0.3, 0.4) is 0 Å². The van der Waals surface area contributed by atoms with E-state index in [4.69, 9.17) is 19.6 Å². The molecule has 1 aliphatic heterocycles. The van der Waals surface area contributed by atoms with Crippen LogP contribution in [0.25, 0.3) is 22.1 Å². The maximum atomic E-state index is 11.9. The third-order valence-electron chi connectivity index (χ3n) is 4.67.